The molecule has 5 nitrogen and oxygen atoms in total. The van der Waals surface area contributed by atoms with Crippen LogP contribution in [0.2, 0.25) is 10.0 Å². The van der Waals surface area contributed by atoms with Crippen LogP contribution in [0.1, 0.15) is 39.4 Å². The van der Waals surface area contributed by atoms with Crippen molar-refractivity contribution in [2.75, 3.05) is 6.54 Å². The highest BCUT2D eigenvalue weighted by Gasteiger charge is 2.43. The van der Waals surface area contributed by atoms with E-state index in [-0.39, 0.29) is 28.9 Å². The minimum Gasteiger partial charge on any atom is -0.450 e. The predicted octanol–water partition coefficient (Wildman–Crippen LogP) is 5.38. The Morgan fingerprint density at radius 1 is 0.938 bits per heavy atom. The highest BCUT2D eigenvalue weighted by Crippen LogP contribution is 2.39. The Bertz CT molecular complexity index is 1380. The van der Waals surface area contributed by atoms with Gasteiger partial charge in [0.2, 0.25) is 5.76 Å². The molecule has 1 aliphatic rings. The summed E-state index contributed by atoms with van der Waals surface area (Å²) in [6.07, 6.45) is -0.941. The smallest absolute Gasteiger partial charge is 0.291 e. The third kappa shape index (κ3) is 3.48. The van der Waals surface area contributed by atoms with Crippen LogP contribution in [0.25, 0.3) is 11.0 Å². The maximum absolute atomic E-state index is 13.5. The number of aliphatic hydroxyl groups is 1. The SMILES string of the molecule is O=C1c2oc3ccc(Cl)cc3c(=O)c2C(c2ccc(Cl)cc2)N1CC(O)c1ccccc1. The molecule has 0 radical (unpaired) electrons. The number of amides is 1. The molecule has 160 valence electrons. The van der Waals surface area contributed by atoms with Crippen molar-refractivity contribution < 1.29 is 14.3 Å². The molecule has 7 heteroatoms. The molecule has 1 aliphatic heterocycles. The Hall–Kier alpha value is -3.12. The molecular formula is C25H17Cl2NO4. The van der Waals surface area contributed by atoms with E-state index in [1.54, 1.807) is 48.5 Å². The van der Waals surface area contributed by atoms with E-state index < -0.39 is 18.1 Å². The van der Waals surface area contributed by atoms with E-state index in [0.29, 0.717) is 26.6 Å². The van der Waals surface area contributed by atoms with Gasteiger partial charge in [-0.3, -0.25) is 9.59 Å². The summed E-state index contributed by atoms with van der Waals surface area (Å²) in [5.41, 5.74) is 1.55. The minimum atomic E-state index is -0.941. The van der Waals surface area contributed by atoms with Crippen LogP contribution in [-0.4, -0.2) is 22.5 Å². The monoisotopic (exact) mass is 465 g/mol. The Balaban J connectivity index is 1.68. The maximum Gasteiger partial charge on any atom is 0.291 e. The van der Waals surface area contributed by atoms with E-state index in [2.05, 4.69) is 0 Å². The fourth-order valence-electron chi connectivity index (χ4n) is 4.14. The summed E-state index contributed by atoms with van der Waals surface area (Å²) in [4.78, 5) is 28.4. The van der Waals surface area contributed by atoms with Gasteiger partial charge < -0.3 is 14.4 Å². The molecule has 3 aromatic carbocycles. The lowest BCUT2D eigenvalue weighted by molar-refractivity contribution is 0.0583. The highest BCUT2D eigenvalue weighted by atomic mass is 35.5. The molecule has 0 aliphatic carbocycles. The molecule has 1 N–H and O–H groups in total. The molecule has 32 heavy (non-hydrogen) atoms. The second kappa shape index (κ2) is 8.10. The van der Waals surface area contributed by atoms with Gasteiger partial charge in [0.1, 0.15) is 5.58 Å². The lowest BCUT2D eigenvalue weighted by atomic mass is 9.98. The third-order valence-corrected chi connectivity index (χ3v) is 6.15. The molecule has 5 rings (SSSR count). The van der Waals surface area contributed by atoms with Crippen LogP contribution in [0.3, 0.4) is 0 Å². The van der Waals surface area contributed by atoms with Gasteiger partial charge in [-0.2, -0.15) is 0 Å². The third-order valence-electron chi connectivity index (χ3n) is 5.67. The fraction of sp³-hybridized carbons (Fsp3) is 0.120. The van der Waals surface area contributed by atoms with E-state index in [1.165, 1.54) is 11.0 Å². The molecule has 0 saturated heterocycles. The second-order valence-corrected chi connectivity index (χ2v) is 8.53. The van der Waals surface area contributed by atoms with Gasteiger partial charge in [-0.15, -0.1) is 0 Å². The molecule has 0 saturated carbocycles. The Morgan fingerprint density at radius 2 is 1.62 bits per heavy atom. The number of halogens is 2. The number of rotatable bonds is 4. The van der Waals surface area contributed by atoms with Gasteiger partial charge in [-0.25, -0.2) is 0 Å². The summed E-state index contributed by atoms with van der Waals surface area (Å²) < 4.78 is 5.89. The van der Waals surface area contributed by atoms with Crippen molar-refractivity contribution in [3.63, 3.8) is 0 Å². The first-order chi connectivity index (χ1) is 15.4. The quantitative estimate of drug-likeness (QED) is 0.439. The average Bonchev–Trinajstić information content (AvgIpc) is 3.07. The van der Waals surface area contributed by atoms with Crippen LogP contribution in [0, 0.1) is 0 Å². The zero-order chi connectivity index (χ0) is 22.4. The minimum absolute atomic E-state index is 0.0170. The Morgan fingerprint density at radius 3 is 2.34 bits per heavy atom. The zero-order valence-corrected chi connectivity index (χ0v) is 18.2. The maximum atomic E-state index is 13.5. The molecular weight excluding hydrogens is 449 g/mol. The van der Waals surface area contributed by atoms with Crippen LogP contribution < -0.4 is 5.43 Å². The summed E-state index contributed by atoms with van der Waals surface area (Å²) in [5.74, 6) is -0.478. The van der Waals surface area contributed by atoms with Gasteiger partial charge in [0, 0.05) is 10.0 Å². The zero-order valence-electron chi connectivity index (χ0n) is 16.7. The van der Waals surface area contributed by atoms with Crippen LogP contribution >= 0.6 is 23.2 Å². The van der Waals surface area contributed by atoms with Crippen molar-refractivity contribution >= 4 is 40.1 Å². The average molecular weight is 466 g/mol. The number of β-amino-alcohol motifs (C(OH)–C–C–N with tert-alkyl or cyclic N) is 1. The molecule has 4 aromatic rings. The van der Waals surface area contributed by atoms with Crippen molar-refractivity contribution in [2.24, 2.45) is 0 Å². The molecule has 2 heterocycles. The predicted molar refractivity (Wildman–Crippen MR) is 123 cm³/mol. The number of hydrogen-bond acceptors (Lipinski definition) is 4. The number of nitrogens with zero attached hydrogens (tertiary/aromatic N) is 1. The number of benzene rings is 3. The van der Waals surface area contributed by atoms with Crippen molar-refractivity contribution in [1.82, 2.24) is 4.90 Å². The van der Waals surface area contributed by atoms with E-state index >= 15 is 0 Å². The molecule has 1 amide bonds. The number of fused-ring (bicyclic) bond motifs is 2. The number of aliphatic hydroxyl groups excluding tert-OH is 1. The largest absolute Gasteiger partial charge is 0.450 e. The first-order valence-corrected chi connectivity index (χ1v) is 10.8. The summed E-state index contributed by atoms with van der Waals surface area (Å²) in [6, 6.07) is 20.0. The van der Waals surface area contributed by atoms with Crippen LogP contribution in [0.15, 0.2) is 82.0 Å². The topological polar surface area (TPSA) is 70.8 Å². The van der Waals surface area contributed by atoms with Crippen LogP contribution in [0.5, 0.6) is 0 Å². The van der Waals surface area contributed by atoms with Crippen molar-refractivity contribution in [3.05, 3.63) is 116 Å². The van der Waals surface area contributed by atoms with Gasteiger partial charge in [-0.05, 0) is 41.5 Å². The van der Waals surface area contributed by atoms with Gasteiger partial charge >= 0.3 is 0 Å². The van der Waals surface area contributed by atoms with E-state index in [9.17, 15) is 14.7 Å². The summed E-state index contributed by atoms with van der Waals surface area (Å²) in [7, 11) is 0. The lowest BCUT2D eigenvalue weighted by Gasteiger charge is -2.27. The highest BCUT2D eigenvalue weighted by molar-refractivity contribution is 6.31. The van der Waals surface area contributed by atoms with Gasteiger partial charge in [0.05, 0.1) is 29.6 Å². The number of hydrogen-bond donors (Lipinski definition) is 1. The fourth-order valence-corrected chi connectivity index (χ4v) is 4.44. The van der Waals surface area contributed by atoms with Crippen molar-refractivity contribution in [2.45, 2.75) is 12.1 Å². The standard InChI is InChI=1S/C25H17Cl2NO4/c26-16-8-6-15(7-9-16)22-21-23(30)18-12-17(27)10-11-20(18)32-24(21)25(31)28(22)13-19(29)14-4-2-1-3-5-14/h1-12,19,22,29H,13H2. The summed E-state index contributed by atoms with van der Waals surface area (Å²) in [5, 5.41) is 12.1. The first kappa shape index (κ1) is 20.8. The molecule has 0 fully saturated rings. The molecule has 2 unspecified atom stereocenters. The van der Waals surface area contributed by atoms with E-state index in [4.69, 9.17) is 27.6 Å². The second-order valence-electron chi connectivity index (χ2n) is 7.65. The number of carbonyl (C=O) groups is 1. The number of carbonyl (C=O) groups excluding carboxylic acids is 1. The normalized spacial score (nSPS) is 16.4. The molecule has 0 bridgehead atoms. The molecule has 2 atom stereocenters. The molecule has 0 spiro atoms. The van der Waals surface area contributed by atoms with Crippen molar-refractivity contribution in [3.8, 4) is 0 Å². The van der Waals surface area contributed by atoms with Gasteiger partial charge in [0.25, 0.3) is 5.91 Å². The van der Waals surface area contributed by atoms with Gasteiger partial charge in [0.15, 0.2) is 5.43 Å². The Labute approximate surface area is 193 Å². The van der Waals surface area contributed by atoms with E-state index in [1.807, 2.05) is 18.2 Å². The van der Waals surface area contributed by atoms with Gasteiger partial charge in [-0.1, -0.05) is 65.7 Å². The Kier molecular flexibility index (Phi) is 5.25. The van der Waals surface area contributed by atoms with Crippen LogP contribution in [0.4, 0.5) is 0 Å². The van der Waals surface area contributed by atoms with E-state index in [0.717, 1.165) is 0 Å². The van der Waals surface area contributed by atoms with Crippen LogP contribution in [-0.2, 0) is 0 Å². The lowest BCUT2D eigenvalue weighted by Crippen LogP contribution is -2.33. The first-order valence-electron chi connectivity index (χ1n) is 10.00. The molecule has 1 aromatic heterocycles. The van der Waals surface area contributed by atoms with Crippen molar-refractivity contribution in [1.29, 1.82) is 0 Å². The summed E-state index contributed by atoms with van der Waals surface area (Å²) >= 11 is 12.2. The summed E-state index contributed by atoms with van der Waals surface area (Å²) in [6.45, 7) is -0.0170.